The molecule has 2 amide bonds. The molecule has 3 heterocycles. The highest BCUT2D eigenvalue weighted by Crippen LogP contribution is 2.26. The van der Waals surface area contributed by atoms with Crippen LogP contribution in [-0.4, -0.2) is 51.7 Å². The molecule has 210 valence electrons. The van der Waals surface area contributed by atoms with Crippen molar-refractivity contribution >= 4 is 50.1 Å². The minimum Gasteiger partial charge on any atom is -0.496 e. The van der Waals surface area contributed by atoms with E-state index >= 15 is 0 Å². The van der Waals surface area contributed by atoms with Crippen LogP contribution in [0.15, 0.2) is 73.1 Å². The molecule has 0 saturated heterocycles. The van der Waals surface area contributed by atoms with Crippen LogP contribution in [0.25, 0.3) is 21.1 Å². The molecule has 41 heavy (non-hydrogen) atoms. The number of ketones is 1. The van der Waals surface area contributed by atoms with Gasteiger partial charge in [0.15, 0.2) is 5.01 Å². The predicted octanol–water partition coefficient (Wildman–Crippen LogP) is 4.94. The molecule has 9 nitrogen and oxygen atoms in total. The minimum absolute atomic E-state index is 0.104. The molecule has 0 unspecified atom stereocenters. The molecular formula is C31H31N5O4S. The van der Waals surface area contributed by atoms with Gasteiger partial charge in [-0.15, -0.1) is 11.3 Å². The van der Waals surface area contributed by atoms with E-state index < -0.39 is 23.9 Å². The Morgan fingerprint density at radius 1 is 0.976 bits per heavy atom. The Morgan fingerprint density at radius 2 is 1.76 bits per heavy atom. The zero-order valence-electron chi connectivity index (χ0n) is 23.0. The van der Waals surface area contributed by atoms with Crippen molar-refractivity contribution < 1.29 is 19.1 Å². The number of ether oxygens (including phenoxy) is 1. The number of aromatic nitrogens is 3. The number of aromatic amines is 1. The number of hydrogen-bond acceptors (Lipinski definition) is 7. The van der Waals surface area contributed by atoms with Crippen LogP contribution in [0.3, 0.4) is 0 Å². The second-order valence-electron chi connectivity index (χ2n) is 10.2. The number of hydrogen-bond donors (Lipinski definition) is 3. The number of methoxy groups -OCH3 is 1. The van der Waals surface area contributed by atoms with E-state index in [1.807, 2.05) is 68.4 Å². The standard InChI is InChI=1S/C31H31N5O4S/c1-18(2)15-24(35-30(39)25-17-20-21(33-25)8-6-9-26(20)40-3)29(38)34-23(16-19-11-13-32-14-12-19)28(37)31-36-22-7-4-5-10-27(22)41-31/h4-14,17-18,23-24,33H,15-16H2,1-3H3,(H,34,38)(H,35,39)/t23-,24-/m0/s1. The van der Waals surface area contributed by atoms with Crippen LogP contribution in [0.4, 0.5) is 0 Å². The summed E-state index contributed by atoms with van der Waals surface area (Å²) in [5.74, 6) is -0.399. The first kappa shape index (κ1) is 28.0. The number of carbonyl (C=O) groups excluding carboxylic acids is 3. The predicted molar refractivity (Wildman–Crippen MR) is 159 cm³/mol. The molecule has 3 N–H and O–H groups in total. The van der Waals surface area contributed by atoms with E-state index in [1.165, 1.54) is 11.3 Å². The summed E-state index contributed by atoms with van der Waals surface area (Å²) in [6.45, 7) is 3.95. The molecule has 0 bridgehead atoms. The van der Waals surface area contributed by atoms with Crippen LogP contribution in [0.2, 0.25) is 0 Å². The van der Waals surface area contributed by atoms with E-state index in [2.05, 4.69) is 25.6 Å². The van der Waals surface area contributed by atoms with Crippen molar-refractivity contribution in [3.63, 3.8) is 0 Å². The number of carbonyl (C=O) groups is 3. The molecule has 5 aromatic rings. The van der Waals surface area contributed by atoms with Crippen molar-refractivity contribution in [3.8, 4) is 5.75 Å². The van der Waals surface area contributed by atoms with Crippen molar-refractivity contribution in [2.75, 3.05) is 7.11 Å². The van der Waals surface area contributed by atoms with Crippen molar-refractivity contribution in [3.05, 3.63) is 89.3 Å². The van der Waals surface area contributed by atoms with E-state index in [-0.39, 0.29) is 18.1 Å². The molecule has 0 aliphatic carbocycles. The van der Waals surface area contributed by atoms with E-state index in [0.717, 1.165) is 26.7 Å². The highest BCUT2D eigenvalue weighted by molar-refractivity contribution is 7.20. The van der Waals surface area contributed by atoms with Crippen molar-refractivity contribution in [2.24, 2.45) is 5.92 Å². The van der Waals surface area contributed by atoms with Gasteiger partial charge in [-0.2, -0.15) is 0 Å². The number of Topliss-reactive ketones (excluding diaryl/α,β-unsaturated/α-hetero) is 1. The SMILES string of the molecule is COc1cccc2[nH]c(C(=O)N[C@@H](CC(C)C)C(=O)N[C@@H](Cc3ccncc3)C(=O)c3nc4ccccc4s3)cc12. The topological polar surface area (TPSA) is 126 Å². The van der Waals surface area contributed by atoms with Crippen LogP contribution in [0.1, 0.15) is 46.1 Å². The Bertz CT molecular complexity index is 1660. The summed E-state index contributed by atoms with van der Waals surface area (Å²) in [7, 11) is 1.57. The first-order valence-electron chi connectivity index (χ1n) is 13.4. The number of para-hydroxylation sites is 1. The van der Waals surface area contributed by atoms with E-state index in [1.54, 1.807) is 25.6 Å². The van der Waals surface area contributed by atoms with Crippen molar-refractivity contribution in [1.82, 2.24) is 25.6 Å². The summed E-state index contributed by atoms with van der Waals surface area (Å²) in [5, 5.41) is 6.89. The van der Waals surface area contributed by atoms with E-state index in [9.17, 15) is 14.4 Å². The molecule has 5 rings (SSSR count). The Balaban J connectivity index is 1.39. The number of H-pyrrole nitrogens is 1. The number of rotatable bonds is 11. The zero-order valence-corrected chi connectivity index (χ0v) is 23.8. The van der Waals surface area contributed by atoms with E-state index in [4.69, 9.17) is 4.74 Å². The zero-order chi connectivity index (χ0) is 28.9. The van der Waals surface area contributed by atoms with Gasteiger partial charge in [-0.25, -0.2) is 4.98 Å². The maximum Gasteiger partial charge on any atom is 0.268 e. The molecule has 0 aliphatic heterocycles. The number of nitrogens with one attached hydrogen (secondary N) is 3. The summed E-state index contributed by atoms with van der Waals surface area (Å²) in [6.07, 6.45) is 3.94. The molecule has 2 aromatic carbocycles. The van der Waals surface area contributed by atoms with Crippen LogP contribution in [0, 0.1) is 5.92 Å². The van der Waals surface area contributed by atoms with Gasteiger partial charge in [0.25, 0.3) is 5.91 Å². The highest BCUT2D eigenvalue weighted by atomic mass is 32.1. The second-order valence-corrected chi connectivity index (χ2v) is 11.3. The maximum atomic E-state index is 13.7. The fraction of sp³-hybridized carbons (Fsp3) is 0.258. The number of nitrogens with zero attached hydrogens (tertiary/aromatic N) is 2. The van der Waals surface area contributed by atoms with Crippen molar-refractivity contribution in [1.29, 1.82) is 0 Å². The Hall–Kier alpha value is -4.57. The van der Waals surface area contributed by atoms with Gasteiger partial charge in [0, 0.05) is 29.7 Å². The number of pyridine rings is 1. The summed E-state index contributed by atoms with van der Waals surface area (Å²) in [4.78, 5) is 52.4. The molecule has 2 atom stereocenters. The normalized spacial score (nSPS) is 12.8. The molecule has 3 aromatic heterocycles. The molecule has 10 heteroatoms. The lowest BCUT2D eigenvalue weighted by Crippen LogP contribution is -2.52. The highest BCUT2D eigenvalue weighted by Gasteiger charge is 2.30. The van der Waals surface area contributed by atoms with Gasteiger partial charge in [0.2, 0.25) is 11.7 Å². The van der Waals surface area contributed by atoms with Gasteiger partial charge >= 0.3 is 0 Å². The van der Waals surface area contributed by atoms with Crippen molar-refractivity contribution in [2.45, 2.75) is 38.8 Å². The third kappa shape index (κ3) is 6.44. The quantitative estimate of drug-likeness (QED) is 0.194. The number of benzene rings is 2. The Kier molecular flexibility index (Phi) is 8.39. The summed E-state index contributed by atoms with van der Waals surface area (Å²) < 4.78 is 6.30. The lowest BCUT2D eigenvalue weighted by molar-refractivity contribution is -0.123. The first-order chi connectivity index (χ1) is 19.8. The van der Waals surface area contributed by atoms with Crippen LogP contribution < -0.4 is 15.4 Å². The average Bonchev–Trinajstić information content (AvgIpc) is 3.61. The molecule has 0 fully saturated rings. The van der Waals surface area contributed by atoms with Gasteiger partial charge in [-0.3, -0.25) is 19.4 Å². The Labute approximate surface area is 241 Å². The first-order valence-corrected chi connectivity index (χ1v) is 14.2. The van der Waals surface area contributed by atoms with Crippen LogP contribution >= 0.6 is 11.3 Å². The number of thiazole rings is 1. The molecule has 0 spiro atoms. The fourth-order valence-electron chi connectivity index (χ4n) is 4.73. The van der Waals surface area contributed by atoms with Gasteiger partial charge in [-0.05, 0) is 60.4 Å². The minimum atomic E-state index is -0.880. The van der Waals surface area contributed by atoms with Crippen LogP contribution in [-0.2, 0) is 11.2 Å². The Morgan fingerprint density at radius 3 is 2.49 bits per heavy atom. The van der Waals surface area contributed by atoms with Gasteiger partial charge in [0.05, 0.1) is 23.4 Å². The molecule has 0 radical (unpaired) electrons. The lowest BCUT2D eigenvalue weighted by Gasteiger charge is -2.23. The van der Waals surface area contributed by atoms with Gasteiger partial charge in [-0.1, -0.05) is 32.0 Å². The third-order valence-corrected chi connectivity index (χ3v) is 7.80. The maximum absolute atomic E-state index is 13.7. The summed E-state index contributed by atoms with van der Waals surface area (Å²) in [6, 6.07) is 16.6. The fourth-order valence-corrected chi connectivity index (χ4v) is 5.69. The second kappa shape index (κ2) is 12.3. The third-order valence-electron chi connectivity index (χ3n) is 6.74. The lowest BCUT2D eigenvalue weighted by atomic mass is 10.00. The molecular weight excluding hydrogens is 538 g/mol. The smallest absolute Gasteiger partial charge is 0.268 e. The summed E-state index contributed by atoms with van der Waals surface area (Å²) >= 11 is 1.29. The summed E-state index contributed by atoms with van der Waals surface area (Å²) in [5.41, 5.74) is 2.63. The number of amides is 2. The largest absolute Gasteiger partial charge is 0.496 e. The van der Waals surface area contributed by atoms with Gasteiger partial charge < -0.3 is 20.4 Å². The monoisotopic (exact) mass is 569 g/mol. The van der Waals surface area contributed by atoms with Crippen LogP contribution in [0.5, 0.6) is 5.75 Å². The van der Waals surface area contributed by atoms with Gasteiger partial charge in [0.1, 0.15) is 17.5 Å². The molecule has 0 saturated carbocycles. The average molecular weight is 570 g/mol. The molecule has 0 aliphatic rings. The van der Waals surface area contributed by atoms with E-state index in [0.29, 0.717) is 22.9 Å². The number of fused-ring (bicyclic) bond motifs is 2.